The van der Waals surface area contributed by atoms with Crippen LogP contribution in [0.3, 0.4) is 0 Å². The molecule has 1 rings (SSSR count). The number of oxime groups is 1. The summed E-state index contributed by atoms with van der Waals surface area (Å²) < 4.78 is 5.86. The number of nitrogens with two attached hydrogens (primary N) is 1. The molecule has 1 fully saturated rings. The minimum Gasteiger partial charge on any atom is -0.409 e. The molecule has 3 unspecified atom stereocenters. The normalized spacial score (nSPS) is 30.1. The van der Waals surface area contributed by atoms with Crippen molar-refractivity contribution < 1.29 is 9.94 Å². The highest BCUT2D eigenvalue weighted by molar-refractivity contribution is 5.79. The van der Waals surface area contributed by atoms with Gasteiger partial charge in [-0.1, -0.05) is 24.9 Å². The number of ether oxygens (including phenoxy) is 1. The fraction of sp³-hybridized carbons (Fsp3) is 0.909. The van der Waals surface area contributed by atoms with Gasteiger partial charge in [-0.05, 0) is 25.7 Å². The number of hydrogen-bond donors (Lipinski definition) is 2. The number of rotatable bonds is 4. The summed E-state index contributed by atoms with van der Waals surface area (Å²) in [5, 5.41) is 11.4. The Balaban J connectivity index is 2.27. The lowest BCUT2D eigenvalue weighted by atomic mass is 9.88. The number of nitrogens with zero attached hydrogens (tertiary/aromatic N) is 1. The van der Waals surface area contributed by atoms with Gasteiger partial charge < -0.3 is 15.7 Å². The van der Waals surface area contributed by atoms with Crippen molar-refractivity contribution in [1.82, 2.24) is 0 Å². The van der Waals surface area contributed by atoms with Crippen molar-refractivity contribution in [3.8, 4) is 0 Å². The van der Waals surface area contributed by atoms with Gasteiger partial charge in [-0.15, -0.1) is 0 Å². The summed E-state index contributed by atoms with van der Waals surface area (Å²) in [6, 6.07) is 0. The molecular weight excluding hydrogens is 192 g/mol. The molecule has 88 valence electrons. The molecule has 0 heterocycles. The Morgan fingerprint density at radius 1 is 1.60 bits per heavy atom. The molecule has 0 saturated heterocycles. The SMILES string of the molecule is CC1CCCC(OC(C)CC(N)=NO)C1. The van der Waals surface area contributed by atoms with Crippen LogP contribution in [-0.2, 0) is 4.74 Å². The van der Waals surface area contributed by atoms with E-state index in [0.29, 0.717) is 12.5 Å². The van der Waals surface area contributed by atoms with E-state index in [9.17, 15) is 0 Å². The van der Waals surface area contributed by atoms with Crippen molar-refractivity contribution in [3.05, 3.63) is 0 Å². The smallest absolute Gasteiger partial charge is 0.141 e. The van der Waals surface area contributed by atoms with Crippen molar-refractivity contribution in [2.45, 2.75) is 58.2 Å². The topological polar surface area (TPSA) is 67.8 Å². The molecule has 0 radical (unpaired) electrons. The van der Waals surface area contributed by atoms with Crippen LogP contribution in [0.4, 0.5) is 0 Å². The van der Waals surface area contributed by atoms with Gasteiger partial charge in [-0.3, -0.25) is 0 Å². The second-order valence-corrected chi connectivity index (χ2v) is 4.64. The molecule has 1 aliphatic carbocycles. The molecule has 0 bridgehead atoms. The van der Waals surface area contributed by atoms with Gasteiger partial charge in [0.25, 0.3) is 0 Å². The molecule has 15 heavy (non-hydrogen) atoms. The third-order valence-corrected chi connectivity index (χ3v) is 2.94. The lowest BCUT2D eigenvalue weighted by Gasteiger charge is -2.29. The van der Waals surface area contributed by atoms with Gasteiger partial charge in [-0.2, -0.15) is 0 Å². The molecule has 3 atom stereocenters. The quantitative estimate of drug-likeness (QED) is 0.326. The van der Waals surface area contributed by atoms with Gasteiger partial charge in [0, 0.05) is 6.42 Å². The summed E-state index contributed by atoms with van der Waals surface area (Å²) in [6.45, 7) is 4.24. The molecule has 4 heteroatoms. The zero-order chi connectivity index (χ0) is 11.3. The van der Waals surface area contributed by atoms with Crippen LogP contribution in [-0.4, -0.2) is 23.3 Å². The fourth-order valence-electron chi connectivity index (χ4n) is 2.21. The lowest BCUT2D eigenvalue weighted by molar-refractivity contribution is -0.0271. The first kappa shape index (κ1) is 12.3. The van der Waals surface area contributed by atoms with Gasteiger partial charge in [0.1, 0.15) is 5.84 Å². The summed E-state index contributed by atoms with van der Waals surface area (Å²) in [7, 11) is 0. The van der Waals surface area contributed by atoms with E-state index >= 15 is 0 Å². The molecule has 0 aromatic carbocycles. The van der Waals surface area contributed by atoms with Crippen LogP contribution in [0.2, 0.25) is 0 Å². The Morgan fingerprint density at radius 2 is 2.33 bits per heavy atom. The van der Waals surface area contributed by atoms with Crippen molar-refractivity contribution in [3.63, 3.8) is 0 Å². The second kappa shape index (κ2) is 5.95. The maximum absolute atomic E-state index is 8.44. The first-order valence-electron chi connectivity index (χ1n) is 5.73. The average Bonchev–Trinajstić information content (AvgIpc) is 2.17. The van der Waals surface area contributed by atoms with Crippen molar-refractivity contribution in [2.75, 3.05) is 0 Å². The van der Waals surface area contributed by atoms with Crippen LogP contribution < -0.4 is 5.73 Å². The Labute approximate surface area is 91.5 Å². The van der Waals surface area contributed by atoms with E-state index in [4.69, 9.17) is 15.7 Å². The molecule has 1 aliphatic rings. The lowest BCUT2D eigenvalue weighted by Crippen LogP contribution is -2.28. The first-order chi connectivity index (χ1) is 7.11. The molecule has 0 amide bonds. The molecule has 0 aliphatic heterocycles. The molecule has 0 spiro atoms. The average molecular weight is 214 g/mol. The highest BCUT2D eigenvalue weighted by atomic mass is 16.5. The predicted octanol–water partition coefficient (Wildman–Crippen LogP) is 2.11. The van der Waals surface area contributed by atoms with Crippen molar-refractivity contribution >= 4 is 5.84 Å². The maximum atomic E-state index is 8.44. The molecular formula is C11H22N2O2. The Hall–Kier alpha value is -0.770. The third-order valence-electron chi connectivity index (χ3n) is 2.94. The molecule has 0 aromatic heterocycles. The molecule has 0 aromatic rings. The van der Waals surface area contributed by atoms with Crippen LogP contribution in [0.25, 0.3) is 0 Å². The summed E-state index contributed by atoms with van der Waals surface area (Å²) in [5.41, 5.74) is 5.43. The zero-order valence-electron chi connectivity index (χ0n) is 9.65. The van der Waals surface area contributed by atoms with Gasteiger partial charge in [0.05, 0.1) is 12.2 Å². The number of amidine groups is 1. The van der Waals surface area contributed by atoms with Gasteiger partial charge in [-0.25, -0.2) is 0 Å². The van der Waals surface area contributed by atoms with Gasteiger partial charge in [0.2, 0.25) is 0 Å². The predicted molar refractivity (Wildman–Crippen MR) is 60.0 cm³/mol. The van der Waals surface area contributed by atoms with Crippen molar-refractivity contribution in [2.24, 2.45) is 16.8 Å². The van der Waals surface area contributed by atoms with Crippen LogP contribution >= 0.6 is 0 Å². The highest BCUT2D eigenvalue weighted by Gasteiger charge is 2.21. The Morgan fingerprint density at radius 3 is 2.93 bits per heavy atom. The first-order valence-corrected chi connectivity index (χ1v) is 5.73. The van der Waals surface area contributed by atoms with E-state index in [1.54, 1.807) is 0 Å². The molecule has 3 N–H and O–H groups in total. The van der Waals surface area contributed by atoms with Gasteiger partial charge >= 0.3 is 0 Å². The van der Waals surface area contributed by atoms with E-state index < -0.39 is 0 Å². The molecule has 4 nitrogen and oxygen atoms in total. The zero-order valence-corrected chi connectivity index (χ0v) is 9.65. The van der Waals surface area contributed by atoms with E-state index in [1.165, 1.54) is 12.8 Å². The molecule has 1 saturated carbocycles. The maximum Gasteiger partial charge on any atom is 0.141 e. The Kier molecular flexibility index (Phi) is 4.88. The standard InChI is InChI=1S/C11H22N2O2/c1-8-4-3-5-10(6-8)15-9(2)7-11(12)13-14/h8-10,14H,3-7H2,1-2H3,(H2,12,13). The van der Waals surface area contributed by atoms with Crippen LogP contribution in [0.15, 0.2) is 5.16 Å². The second-order valence-electron chi connectivity index (χ2n) is 4.64. The van der Waals surface area contributed by atoms with E-state index in [2.05, 4.69) is 12.1 Å². The highest BCUT2D eigenvalue weighted by Crippen LogP contribution is 2.26. The van der Waals surface area contributed by atoms with E-state index in [0.717, 1.165) is 18.8 Å². The van der Waals surface area contributed by atoms with E-state index in [1.807, 2.05) is 6.92 Å². The summed E-state index contributed by atoms with van der Waals surface area (Å²) >= 11 is 0. The summed E-state index contributed by atoms with van der Waals surface area (Å²) in [6.07, 6.45) is 5.75. The minimum absolute atomic E-state index is 0.0381. The van der Waals surface area contributed by atoms with Gasteiger partial charge in [0.15, 0.2) is 0 Å². The third kappa shape index (κ3) is 4.51. The van der Waals surface area contributed by atoms with Crippen LogP contribution in [0.1, 0.15) is 46.0 Å². The number of hydrogen-bond acceptors (Lipinski definition) is 3. The van der Waals surface area contributed by atoms with Crippen LogP contribution in [0.5, 0.6) is 0 Å². The minimum atomic E-state index is 0.0381. The Bertz CT molecular complexity index is 219. The van der Waals surface area contributed by atoms with Crippen molar-refractivity contribution in [1.29, 1.82) is 0 Å². The van der Waals surface area contributed by atoms with Crippen LogP contribution in [0, 0.1) is 5.92 Å². The largest absolute Gasteiger partial charge is 0.409 e. The summed E-state index contributed by atoms with van der Waals surface area (Å²) in [5.74, 6) is 1.01. The monoisotopic (exact) mass is 214 g/mol. The summed E-state index contributed by atoms with van der Waals surface area (Å²) in [4.78, 5) is 0. The van der Waals surface area contributed by atoms with E-state index in [-0.39, 0.29) is 11.9 Å². The fourth-order valence-corrected chi connectivity index (χ4v) is 2.21.